The first-order valence-electron chi connectivity index (χ1n) is 6.36. The van der Waals surface area contributed by atoms with Crippen molar-refractivity contribution in [2.24, 2.45) is 5.92 Å². The first kappa shape index (κ1) is 15.2. The molecule has 2 rings (SSSR count). The lowest BCUT2D eigenvalue weighted by molar-refractivity contribution is -0.275. The predicted octanol–water partition coefficient (Wildman–Crippen LogP) is 3.81. The molecule has 21 heavy (non-hydrogen) atoms. The molecule has 1 N–H and O–H groups in total. The van der Waals surface area contributed by atoms with E-state index in [1.54, 1.807) is 17.1 Å². The summed E-state index contributed by atoms with van der Waals surface area (Å²) in [7, 11) is 0. The van der Waals surface area contributed by atoms with Gasteiger partial charge in [0.25, 0.3) is 0 Å². The summed E-state index contributed by atoms with van der Waals surface area (Å²) < 4.78 is 41.8. The normalized spacial score (nSPS) is 11.9. The molecule has 4 nitrogen and oxygen atoms in total. The highest BCUT2D eigenvalue weighted by Crippen LogP contribution is 2.34. The van der Waals surface area contributed by atoms with Gasteiger partial charge in [-0.1, -0.05) is 19.9 Å². The molecule has 0 atom stereocenters. The van der Waals surface area contributed by atoms with Crippen molar-refractivity contribution in [2.45, 2.75) is 26.8 Å². The number of aromatic hydroxyl groups is 1. The SMILES string of the molecule is CC(C)Cn1cc(-c2ccc(OC(F)(F)F)c(O)c2)cn1. The summed E-state index contributed by atoms with van der Waals surface area (Å²) in [6.07, 6.45) is -1.46. The first-order chi connectivity index (χ1) is 9.74. The van der Waals surface area contributed by atoms with Crippen LogP contribution >= 0.6 is 0 Å². The number of aromatic nitrogens is 2. The van der Waals surface area contributed by atoms with E-state index in [-0.39, 0.29) is 0 Å². The van der Waals surface area contributed by atoms with E-state index in [0.29, 0.717) is 17.0 Å². The zero-order valence-corrected chi connectivity index (χ0v) is 11.6. The van der Waals surface area contributed by atoms with Crippen LogP contribution in [0.2, 0.25) is 0 Å². The third-order valence-corrected chi connectivity index (χ3v) is 2.70. The molecule has 0 amide bonds. The van der Waals surface area contributed by atoms with Gasteiger partial charge in [-0.3, -0.25) is 4.68 Å². The maximum Gasteiger partial charge on any atom is 0.573 e. The van der Waals surface area contributed by atoms with Crippen molar-refractivity contribution >= 4 is 0 Å². The molecule has 0 bridgehead atoms. The van der Waals surface area contributed by atoms with Gasteiger partial charge in [-0.25, -0.2) is 0 Å². The summed E-state index contributed by atoms with van der Waals surface area (Å²) in [5.41, 5.74) is 1.28. The number of hydrogen-bond donors (Lipinski definition) is 1. The molecule has 0 spiro atoms. The van der Waals surface area contributed by atoms with Crippen molar-refractivity contribution in [1.29, 1.82) is 0 Å². The summed E-state index contributed by atoms with van der Waals surface area (Å²) in [5, 5.41) is 13.8. The van der Waals surface area contributed by atoms with Crippen LogP contribution in [0.15, 0.2) is 30.6 Å². The molecule has 7 heteroatoms. The summed E-state index contributed by atoms with van der Waals surface area (Å²) in [6, 6.07) is 3.74. The van der Waals surface area contributed by atoms with Crippen LogP contribution in [0.4, 0.5) is 13.2 Å². The number of hydrogen-bond acceptors (Lipinski definition) is 3. The number of phenols is 1. The van der Waals surface area contributed by atoms with Crippen molar-refractivity contribution < 1.29 is 23.0 Å². The fourth-order valence-corrected chi connectivity index (χ4v) is 1.89. The molecular weight excluding hydrogens is 285 g/mol. The number of ether oxygens (including phenoxy) is 1. The van der Waals surface area contributed by atoms with Gasteiger partial charge in [-0.15, -0.1) is 13.2 Å². The van der Waals surface area contributed by atoms with E-state index in [2.05, 4.69) is 23.7 Å². The Kier molecular flexibility index (Phi) is 4.11. The van der Waals surface area contributed by atoms with Crippen LogP contribution in [0.5, 0.6) is 11.5 Å². The molecule has 1 aromatic carbocycles. The van der Waals surface area contributed by atoms with Crippen LogP contribution in [-0.4, -0.2) is 21.2 Å². The molecule has 114 valence electrons. The zero-order chi connectivity index (χ0) is 15.6. The van der Waals surface area contributed by atoms with Crippen LogP contribution in [0, 0.1) is 5.92 Å². The summed E-state index contributed by atoms with van der Waals surface area (Å²) in [6.45, 7) is 4.84. The minimum Gasteiger partial charge on any atom is -0.504 e. The van der Waals surface area contributed by atoms with Crippen LogP contribution in [-0.2, 0) is 6.54 Å². The van der Waals surface area contributed by atoms with Gasteiger partial charge < -0.3 is 9.84 Å². The number of phenolic OH excluding ortho intramolecular Hbond substituents is 1. The van der Waals surface area contributed by atoms with Gasteiger partial charge >= 0.3 is 6.36 Å². The zero-order valence-electron chi connectivity index (χ0n) is 11.6. The highest BCUT2D eigenvalue weighted by Gasteiger charge is 2.32. The Bertz CT molecular complexity index is 621. The minimum absolute atomic E-state index is 0.425. The third-order valence-electron chi connectivity index (χ3n) is 2.70. The molecule has 0 aliphatic carbocycles. The lowest BCUT2D eigenvalue weighted by atomic mass is 10.1. The average molecular weight is 300 g/mol. The highest BCUT2D eigenvalue weighted by atomic mass is 19.4. The monoisotopic (exact) mass is 300 g/mol. The predicted molar refractivity (Wildman–Crippen MR) is 70.8 cm³/mol. The van der Waals surface area contributed by atoms with Gasteiger partial charge in [0.05, 0.1) is 6.20 Å². The topological polar surface area (TPSA) is 47.3 Å². The Morgan fingerprint density at radius 1 is 1.29 bits per heavy atom. The van der Waals surface area contributed by atoms with E-state index >= 15 is 0 Å². The first-order valence-corrected chi connectivity index (χ1v) is 6.36. The van der Waals surface area contributed by atoms with E-state index in [0.717, 1.165) is 12.6 Å². The number of halogens is 3. The van der Waals surface area contributed by atoms with E-state index in [1.165, 1.54) is 12.1 Å². The van der Waals surface area contributed by atoms with Gasteiger partial charge in [0.1, 0.15) is 0 Å². The lowest BCUT2D eigenvalue weighted by Gasteiger charge is -2.10. The molecule has 0 unspecified atom stereocenters. The summed E-state index contributed by atoms with van der Waals surface area (Å²) in [4.78, 5) is 0. The lowest BCUT2D eigenvalue weighted by Crippen LogP contribution is -2.17. The van der Waals surface area contributed by atoms with Crippen molar-refractivity contribution in [3.63, 3.8) is 0 Å². The Balaban J connectivity index is 2.21. The maximum atomic E-state index is 12.1. The molecule has 0 aliphatic heterocycles. The molecular formula is C14H15F3N2O2. The molecule has 0 aliphatic rings. The highest BCUT2D eigenvalue weighted by molar-refractivity contribution is 5.65. The Morgan fingerprint density at radius 3 is 2.57 bits per heavy atom. The van der Waals surface area contributed by atoms with Crippen LogP contribution in [0.1, 0.15) is 13.8 Å². The standard InChI is InChI=1S/C14H15F3N2O2/c1-9(2)7-19-8-11(6-18-19)10-3-4-13(12(20)5-10)21-14(15,16)17/h3-6,8-9,20H,7H2,1-2H3. The quantitative estimate of drug-likeness (QED) is 0.934. The molecule has 2 aromatic rings. The van der Waals surface area contributed by atoms with Crippen molar-refractivity contribution in [3.05, 3.63) is 30.6 Å². The second kappa shape index (κ2) is 5.67. The van der Waals surface area contributed by atoms with Gasteiger partial charge in [0.15, 0.2) is 11.5 Å². The largest absolute Gasteiger partial charge is 0.573 e. The van der Waals surface area contributed by atoms with Gasteiger partial charge in [0, 0.05) is 18.3 Å². The van der Waals surface area contributed by atoms with E-state index in [1.807, 2.05) is 0 Å². The van der Waals surface area contributed by atoms with Crippen LogP contribution in [0.25, 0.3) is 11.1 Å². The van der Waals surface area contributed by atoms with E-state index in [9.17, 15) is 18.3 Å². The van der Waals surface area contributed by atoms with Gasteiger partial charge in [-0.05, 0) is 23.6 Å². The third kappa shape index (κ3) is 4.14. The van der Waals surface area contributed by atoms with Crippen LogP contribution in [0.3, 0.4) is 0 Å². The van der Waals surface area contributed by atoms with Crippen molar-refractivity contribution in [1.82, 2.24) is 9.78 Å². The Labute approximate surface area is 119 Å². The molecule has 0 fully saturated rings. The van der Waals surface area contributed by atoms with Gasteiger partial charge in [0.2, 0.25) is 0 Å². The second-order valence-corrected chi connectivity index (χ2v) is 5.08. The number of nitrogens with zero attached hydrogens (tertiary/aromatic N) is 2. The molecule has 1 heterocycles. The number of rotatable bonds is 4. The Hall–Kier alpha value is -2.18. The minimum atomic E-state index is -4.83. The van der Waals surface area contributed by atoms with E-state index in [4.69, 9.17) is 0 Å². The van der Waals surface area contributed by atoms with Crippen molar-refractivity contribution in [3.8, 4) is 22.6 Å². The maximum absolute atomic E-state index is 12.1. The average Bonchev–Trinajstić information content (AvgIpc) is 2.77. The van der Waals surface area contributed by atoms with Crippen molar-refractivity contribution in [2.75, 3.05) is 0 Å². The smallest absolute Gasteiger partial charge is 0.504 e. The molecule has 0 saturated carbocycles. The molecule has 0 saturated heterocycles. The molecule has 0 radical (unpaired) electrons. The summed E-state index contributed by atoms with van der Waals surface area (Å²) in [5.74, 6) is -0.768. The Morgan fingerprint density at radius 2 is 2.00 bits per heavy atom. The fourth-order valence-electron chi connectivity index (χ4n) is 1.89. The number of benzene rings is 1. The van der Waals surface area contributed by atoms with Crippen LogP contribution < -0.4 is 4.74 Å². The fraction of sp³-hybridized carbons (Fsp3) is 0.357. The van der Waals surface area contributed by atoms with Gasteiger partial charge in [-0.2, -0.15) is 5.10 Å². The number of alkyl halides is 3. The molecule has 1 aromatic heterocycles. The second-order valence-electron chi connectivity index (χ2n) is 5.08. The summed E-state index contributed by atoms with van der Waals surface area (Å²) >= 11 is 0. The van der Waals surface area contributed by atoms with E-state index < -0.39 is 17.9 Å².